The lowest BCUT2D eigenvalue weighted by Crippen LogP contribution is -1.85. The van der Waals surface area contributed by atoms with Crippen molar-refractivity contribution in [3.05, 3.63) is 29.8 Å². The van der Waals surface area contributed by atoms with Crippen LogP contribution in [0.4, 0.5) is 0 Å². The van der Waals surface area contributed by atoms with Gasteiger partial charge in [0.25, 0.3) is 5.22 Å². The van der Waals surface area contributed by atoms with E-state index in [-0.39, 0.29) is 0 Å². The topological polar surface area (TPSA) is 75.6 Å². The molecule has 0 aliphatic heterocycles. The molecule has 2 heterocycles. The number of hydrogen-bond acceptors (Lipinski definition) is 6. The molecule has 0 fully saturated rings. The zero-order chi connectivity index (χ0) is 10.7. The molecule has 0 unspecified atom stereocenters. The van der Waals surface area contributed by atoms with Gasteiger partial charge >= 0.3 is 0 Å². The third-order valence-corrected chi connectivity index (χ3v) is 2.44. The van der Waals surface area contributed by atoms with Crippen LogP contribution in [0.25, 0.3) is 0 Å². The first-order valence-electron chi connectivity index (χ1n) is 4.12. The summed E-state index contributed by atoms with van der Waals surface area (Å²) in [5, 5.41) is 17.3. The van der Waals surface area contributed by atoms with E-state index in [1.54, 1.807) is 25.3 Å². The van der Waals surface area contributed by atoms with Gasteiger partial charge in [-0.1, -0.05) is 0 Å². The maximum atomic E-state index is 8.83. The largest absolute Gasteiger partial charge is 0.416 e. The molecule has 5 nitrogen and oxygen atoms in total. The van der Waals surface area contributed by atoms with Gasteiger partial charge in [-0.05, 0) is 23.9 Å². The summed E-state index contributed by atoms with van der Waals surface area (Å²) in [5.41, 5.74) is 0.498. The molecule has 0 aliphatic rings. The molecule has 0 N–H and O–H groups in total. The second-order valence-corrected chi connectivity index (χ2v) is 3.60. The van der Waals surface area contributed by atoms with Crippen LogP contribution in [0.5, 0.6) is 0 Å². The van der Waals surface area contributed by atoms with Gasteiger partial charge in [0.15, 0.2) is 0 Å². The summed E-state index contributed by atoms with van der Waals surface area (Å²) in [5.74, 6) is 0.493. The van der Waals surface area contributed by atoms with Crippen molar-refractivity contribution < 1.29 is 4.42 Å². The predicted octanol–water partition coefficient (Wildman–Crippen LogP) is 1.80. The first-order chi connectivity index (χ1) is 7.29. The van der Waals surface area contributed by atoms with Crippen molar-refractivity contribution in [3.63, 3.8) is 0 Å². The van der Waals surface area contributed by atoms with Crippen LogP contribution in [0.2, 0.25) is 0 Å². The minimum atomic E-state index is 0.391. The smallest absolute Gasteiger partial charge is 0.282 e. The van der Waals surface area contributed by atoms with Crippen LogP contribution >= 0.6 is 11.8 Å². The molecule has 0 radical (unpaired) electrons. The Morgan fingerprint density at radius 2 is 2.33 bits per heavy atom. The molecule has 74 valence electrons. The molecule has 0 atom stereocenters. The van der Waals surface area contributed by atoms with Crippen LogP contribution in [0.3, 0.4) is 0 Å². The van der Waals surface area contributed by atoms with Gasteiger partial charge in [-0.3, -0.25) is 0 Å². The Morgan fingerprint density at radius 3 is 3.00 bits per heavy atom. The van der Waals surface area contributed by atoms with E-state index in [1.807, 2.05) is 6.07 Å². The van der Waals surface area contributed by atoms with Gasteiger partial charge < -0.3 is 4.42 Å². The van der Waals surface area contributed by atoms with Crippen LogP contribution < -0.4 is 0 Å². The highest BCUT2D eigenvalue weighted by Gasteiger charge is 2.09. The zero-order valence-corrected chi connectivity index (χ0v) is 8.65. The molecule has 0 spiro atoms. The molecule has 0 saturated carbocycles. The number of aryl methyl sites for hydroxylation is 1. The fraction of sp³-hybridized carbons (Fsp3) is 0.111. The lowest BCUT2D eigenvalue weighted by atomic mass is 10.3. The van der Waals surface area contributed by atoms with Crippen LogP contribution in [-0.2, 0) is 0 Å². The Morgan fingerprint density at radius 1 is 1.47 bits per heavy atom. The molecule has 15 heavy (non-hydrogen) atoms. The third-order valence-electron chi connectivity index (χ3n) is 1.58. The third kappa shape index (κ3) is 2.14. The minimum Gasteiger partial charge on any atom is -0.416 e. The maximum Gasteiger partial charge on any atom is 0.282 e. The van der Waals surface area contributed by atoms with Crippen LogP contribution in [-0.4, -0.2) is 15.2 Å². The Balaban J connectivity index is 2.28. The van der Waals surface area contributed by atoms with E-state index in [9.17, 15) is 0 Å². The molecule has 2 rings (SSSR count). The Labute approximate surface area is 90.2 Å². The van der Waals surface area contributed by atoms with Crippen molar-refractivity contribution in [1.82, 2.24) is 15.2 Å². The summed E-state index contributed by atoms with van der Waals surface area (Å²) in [6.45, 7) is 1.71. The summed E-state index contributed by atoms with van der Waals surface area (Å²) in [6, 6.07) is 5.45. The average Bonchev–Trinajstić information content (AvgIpc) is 2.65. The molecule has 2 aromatic rings. The minimum absolute atomic E-state index is 0.391. The fourth-order valence-electron chi connectivity index (χ4n) is 0.960. The van der Waals surface area contributed by atoms with E-state index in [0.29, 0.717) is 21.7 Å². The molecule has 0 bridgehead atoms. The lowest BCUT2D eigenvalue weighted by molar-refractivity contribution is 0.429. The van der Waals surface area contributed by atoms with Gasteiger partial charge in [0.2, 0.25) is 5.89 Å². The van der Waals surface area contributed by atoms with Crippen molar-refractivity contribution in [2.45, 2.75) is 17.2 Å². The summed E-state index contributed by atoms with van der Waals surface area (Å²) >= 11 is 1.19. The standard InChI is InChI=1S/C9H6N4OS/c1-6-12-13-9(14-6)15-8-7(5-10)3-2-4-11-8/h2-4H,1H3. The molecule has 2 aromatic heterocycles. The van der Waals surface area contributed by atoms with E-state index >= 15 is 0 Å². The molecular weight excluding hydrogens is 212 g/mol. The van der Waals surface area contributed by atoms with Crippen LogP contribution in [0.1, 0.15) is 11.5 Å². The van der Waals surface area contributed by atoms with E-state index in [1.165, 1.54) is 11.8 Å². The van der Waals surface area contributed by atoms with Crippen molar-refractivity contribution in [3.8, 4) is 6.07 Å². The second-order valence-electron chi connectivity index (χ2n) is 2.66. The average molecular weight is 218 g/mol. The second kappa shape index (κ2) is 4.11. The Bertz CT molecular complexity index is 517. The first-order valence-corrected chi connectivity index (χ1v) is 4.94. The van der Waals surface area contributed by atoms with Crippen molar-refractivity contribution in [1.29, 1.82) is 5.26 Å². The number of rotatable bonds is 2. The summed E-state index contributed by atoms with van der Waals surface area (Å²) in [6.07, 6.45) is 1.62. The Kier molecular flexibility index (Phi) is 2.65. The maximum absolute atomic E-state index is 8.83. The van der Waals surface area contributed by atoms with E-state index in [4.69, 9.17) is 9.68 Å². The molecule has 0 saturated heterocycles. The molecular formula is C9H6N4OS. The number of nitriles is 1. The zero-order valence-electron chi connectivity index (χ0n) is 7.84. The van der Waals surface area contributed by atoms with E-state index in [2.05, 4.69) is 15.2 Å². The number of aromatic nitrogens is 3. The highest BCUT2D eigenvalue weighted by molar-refractivity contribution is 7.99. The van der Waals surface area contributed by atoms with Crippen molar-refractivity contribution in [2.24, 2.45) is 0 Å². The van der Waals surface area contributed by atoms with Gasteiger partial charge in [-0.15, -0.1) is 10.2 Å². The molecule has 0 aliphatic carbocycles. The van der Waals surface area contributed by atoms with Crippen LogP contribution in [0.15, 0.2) is 33.0 Å². The van der Waals surface area contributed by atoms with Gasteiger partial charge in [-0.25, -0.2) is 4.98 Å². The molecule has 0 amide bonds. The van der Waals surface area contributed by atoms with Crippen molar-refractivity contribution >= 4 is 11.8 Å². The van der Waals surface area contributed by atoms with Gasteiger partial charge in [0.1, 0.15) is 11.1 Å². The number of hydrogen-bond donors (Lipinski definition) is 0. The summed E-state index contributed by atoms with van der Waals surface area (Å²) in [7, 11) is 0. The van der Waals surface area contributed by atoms with E-state index < -0.39 is 0 Å². The van der Waals surface area contributed by atoms with Gasteiger partial charge in [0.05, 0.1) is 5.56 Å². The normalized spacial score (nSPS) is 9.87. The van der Waals surface area contributed by atoms with Gasteiger partial charge in [-0.2, -0.15) is 5.26 Å². The van der Waals surface area contributed by atoms with Crippen LogP contribution in [0, 0.1) is 18.3 Å². The summed E-state index contributed by atoms with van der Waals surface area (Å²) < 4.78 is 5.18. The number of nitrogens with zero attached hydrogens (tertiary/aromatic N) is 4. The number of pyridine rings is 1. The Hall–Kier alpha value is -1.87. The fourth-order valence-corrected chi connectivity index (χ4v) is 1.71. The quantitative estimate of drug-likeness (QED) is 0.765. The van der Waals surface area contributed by atoms with Gasteiger partial charge in [0, 0.05) is 13.1 Å². The first kappa shape index (κ1) is 9.68. The highest BCUT2D eigenvalue weighted by Crippen LogP contribution is 2.26. The van der Waals surface area contributed by atoms with Crippen molar-refractivity contribution in [2.75, 3.05) is 0 Å². The predicted molar refractivity (Wildman–Crippen MR) is 52.1 cm³/mol. The molecule has 6 heteroatoms. The SMILES string of the molecule is Cc1nnc(Sc2ncccc2C#N)o1. The lowest BCUT2D eigenvalue weighted by Gasteiger charge is -1.96. The molecule has 0 aromatic carbocycles. The summed E-state index contributed by atoms with van der Waals surface area (Å²) in [4.78, 5) is 4.07. The van der Waals surface area contributed by atoms with E-state index in [0.717, 1.165) is 0 Å². The monoisotopic (exact) mass is 218 g/mol. The highest BCUT2D eigenvalue weighted by atomic mass is 32.2.